The third kappa shape index (κ3) is 3.10. The minimum atomic E-state index is -0.153. The number of H-pyrrole nitrogens is 1. The summed E-state index contributed by atoms with van der Waals surface area (Å²) in [6.45, 7) is 2.83. The molecule has 2 aliphatic heterocycles. The molecule has 2 N–H and O–H groups in total. The Morgan fingerprint density at radius 1 is 1.38 bits per heavy atom. The molecular formula is C15H25N5O. The lowest BCUT2D eigenvalue weighted by Crippen LogP contribution is -2.43. The molecule has 0 aromatic carbocycles. The molecule has 2 bridgehead atoms. The third-order valence-electron chi connectivity index (χ3n) is 4.97. The lowest BCUT2D eigenvalue weighted by atomic mass is 9.91. The van der Waals surface area contributed by atoms with Crippen molar-refractivity contribution in [1.82, 2.24) is 25.4 Å². The summed E-state index contributed by atoms with van der Waals surface area (Å²) in [6.07, 6.45) is 6.85. The average molecular weight is 291 g/mol. The van der Waals surface area contributed by atoms with E-state index in [4.69, 9.17) is 0 Å². The van der Waals surface area contributed by atoms with Gasteiger partial charge in [-0.1, -0.05) is 6.92 Å². The van der Waals surface area contributed by atoms with Gasteiger partial charge >= 0.3 is 0 Å². The number of piperidine rings is 1. The van der Waals surface area contributed by atoms with Crippen molar-refractivity contribution in [3.63, 3.8) is 0 Å². The second-order valence-electron chi connectivity index (χ2n) is 6.45. The Labute approximate surface area is 125 Å². The highest BCUT2D eigenvalue weighted by atomic mass is 16.2. The van der Waals surface area contributed by atoms with Gasteiger partial charge in [-0.15, -0.1) is 5.10 Å². The van der Waals surface area contributed by atoms with E-state index in [9.17, 15) is 4.79 Å². The number of rotatable bonds is 5. The Bertz CT molecular complexity index is 486. The average Bonchev–Trinajstić information content (AvgIpc) is 2.99. The van der Waals surface area contributed by atoms with Crippen LogP contribution in [0.15, 0.2) is 0 Å². The van der Waals surface area contributed by atoms with Gasteiger partial charge in [0.15, 0.2) is 0 Å². The molecule has 0 aliphatic carbocycles. The van der Waals surface area contributed by atoms with Gasteiger partial charge in [0.2, 0.25) is 5.82 Å². The number of amides is 1. The van der Waals surface area contributed by atoms with E-state index < -0.39 is 0 Å². The molecule has 6 nitrogen and oxygen atoms in total. The van der Waals surface area contributed by atoms with Crippen molar-refractivity contribution >= 4 is 5.91 Å². The molecule has 0 spiro atoms. The van der Waals surface area contributed by atoms with Crippen LogP contribution in [0.1, 0.15) is 55.5 Å². The molecule has 3 rings (SSSR count). The zero-order valence-electron chi connectivity index (χ0n) is 12.9. The zero-order chi connectivity index (χ0) is 14.8. The first-order chi connectivity index (χ1) is 10.2. The fraction of sp³-hybridized carbons (Fsp3) is 0.800. The second-order valence-corrected chi connectivity index (χ2v) is 6.45. The summed E-state index contributed by atoms with van der Waals surface area (Å²) in [7, 11) is 2.24. The van der Waals surface area contributed by atoms with E-state index in [1.807, 2.05) is 0 Å². The van der Waals surface area contributed by atoms with Gasteiger partial charge in [0.1, 0.15) is 5.82 Å². The maximum absolute atomic E-state index is 12.1. The summed E-state index contributed by atoms with van der Waals surface area (Å²) in [4.78, 5) is 18.8. The topological polar surface area (TPSA) is 73.9 Å². The lowest BCUT2D eigenvalue weighted by Gasteiger charge is -2.36. The van der Waals surface area contributed by atoms with Gasteiger partial charge in [-0.3, -0.25) is 9.89 Å². The Balaban J connectivity index is 1.49. The van der Waals surface area contributed by atoms with Gasteiger partial charge in [0, 0.05) is 25.0 Å². The van der Waals surface area contributed by atoms with E-state index in [1.54, 1.807) is 0 Å². The number of aryl methyl sites for hydroxylation is 1. The molecule has 1 aromatic heterocycles. The summed E-state index contributed by atoms with van der Waals surface area (Å²) in [5.41, 5.74) is 0. The van der Waals surface area contributed by atoms with Crippen molar-refractivity contribution in [2.24, 2.45) is 5.92 Å². The van der Waals surface area contributed by atoms with E-state index >= 15 is 0 Å². The SMILES string of the molecule is CCCc1nc(C(=O)NCC2CC3CCC(C2)N3C)n[nH]1. The van der Waals surface area contributed by atoms with Crippen molar-refractivity contribution in [3.05, 3.63) is 11.6 Å². The summed E-state index contributed by atoms with van der Waals surface area (Å²) in [6, 6.07) is 1.43. The number of nitrogens with zero attached hydrogens (tertiary/aromatic N) is 3. The first-order valence-electron chi connectivity index (χ1n) is 8.08. The van der Waals surface area contributed by atoms with Crippen LogP contribution in [0.4, 0.5) is 0 Å². The van der Waals surface area contributed by atoms with E-state index in [0.29, 0.717) is 18.0 Å². The highest BCUT2D eigenvalue weighted by molar-refractivity contribution is 5.90. The van der Waals surface area contributed by atoms with Crippen LogP contribution >= 0.6 is 0 Å². The molecule has 2 unspecified atom stereocenters. The number of fused-ring (bicyclic) bond motifs is 2. The van der Waals surface area contributed by atoms with Crippen LogP contribution in [0.3, 0.4) is 0 Å². The Kier molecular flexibility index (Phi) is 4.24. The van der Waals surface area contributed by atoms with Gasteiger partial charge < -0.3 is 10.2 Å². The van der Waals surface area contributed by atoms with Crippen molar-refractivity contribution < 1.29 is 4.79 Å². The van der Waals surface area contributed by atoms with Gasteiger partial charge in [-0.2, -0.15) is 0 Å². The van der Waals surface area contributed by atoms with Gasteiger partial charge in [0.05, 0.1) is 0 Å². The van der Waals surface area contributed by atoms with Gasteiger partial charge in [-0.05, 0) is 45.1 Å². The van der Waals surface area contributed by atoms with Crippen molar-refractivity contribution in [3.8, 4) is 0 Å². The summed E-state index contributed by atoms with van der Waals surface area (Å²) >= 11 is 0. The molecule has 21 heavy (non-hydrogen) atoms. The zero-order valence-corrected chi connectivity index (χ0v) is 12.9. The predicted octanol–water partition coefficient (Wildman–Crippen LogP) is 1.36. The largest absolute Gasteiger partial charge is 0.349 e. The Morgan fingerprint density at radius 2 is 2.10 bits per heavy atom. The molecular weight excluding hydrogens is 266 g/mol. The third-order valence-corrected chi connectivity index (χ3v) is 4.97. The lowest BCUT2D eigenvalue weighted by molar-refractivity contribution is 0.0908. The first-order valence-corrected chi connectivity index (χ1v) is 8.08. The highest BCUT2D eigenvalue weighted by Crippen LogP contribution is 2.36. The number of aromatic amines is 1. The standard InChI is InChI=1S/C15H25N5O/c1-3-4-13-17-14(19-18-13)15(21)16-9-10-7-11-5-6-12(8-10)20(11)2/h10-12H,3-9H2,1-2H3,(H,16,21)(H,17,18,19). The molecule has 0 radical (unpaired) electrons. The van der Waals surface area contributed by atoms with Crippen LogP contribution in [-0.4, -0.2) is 51.7 Å². The highest BCUT2D eigenvalue weighted by Gasteiger charge is 2.38. The predicted molar refractivity (Wildman–Crippen MR) is 80.0 cm³/mol. The van der Waals surface area contributed by atoms with Gasteiger partial charge in [0.25, 0.3) is 5.91 Å². The van der Waals surface area contributed by atoms with E-state index in [1.165, 1.54) is 25.7 Å². The number of hydrogen-bond donors (Lipinski definition) is 2. The van der Waals surface area contributed by atoms with Crippen LogP contribution in [-0.2, 0) is 6.42 Å². The summed E-state index contributed by atoms with van der Waals surface area (Å²) < 4.78 is 0. The molecule has 3 heterocycles. The quantitative estimate of drug-likeness (QED) is 0.859. The summed E-state index contributed by atoms with van der Waals surface area (Å²) in [5.74, 6) is 1.51. The monoisotopic (exact) mass is 291 g/mol. The normalized spacial score (nSPS) is 28.8. The van der Waals surface area contributed by atoms with E-state index in [2.05, 4.69) is 39.4 Å². The Hall–Kier alpha value is -1.43. The van der Waals surface area contributed by atoms with Crippen LogP contribution in [0.5, 0.6) is 0 Å². The number of nitrogens with one attached hydrogen (secondary N) is 2. The number of carbonyl (C=O) groups is 1. The van der Waals surface area contributed by atoms with Crippen molar-refractivity contribution in [1.29, 1.82) is 0 Å². The molecule has 2 aliphatic rings. The maximum atomic E-state index is 12.1. The molecule has 0 saturated carbocycles. The molecule has 1 aromatic rings. The molecule has 116 valence electrons. The molecule has 2 fully saturated rings. The second kappa shape index (κ2) is 6.13. The van der Waals surface area contributed by atoms with Crippen LogP contribution in [0, 0.1) is 5.92 Å². The summed E-state index contributed by atoms with van der Waals surface area (Å²) in [5, 5.41) is 9.83. The first kappa shape index (κ1) is 14.5. The van der Waals surface area contributed by atoms with Crippen LogP contribution < -0.4 is 5.32 Å². The van der Waals surface area contributed by atoms with Crippen LogP contribution in [0.2, 0.25) is 0 Å². The number of hydrogen-bond acceptors (Lipinski definition) is 4. The minimum Gasteiger partial charge on any atom is -0.349 e. The molecule has 1 amide bonds. The van der Waals surface area contributed by atoms with Gasteiger partial charge in [-0.25, -0.2) is 4.98 Å². The molecule has 2 atom stereocenters. The van der Waals surface area contributed by atoms with Crippen molar-refractivity contribution in [2.75, 3.05) is 13.6 Å². The van der Waals surface area contributed by atoms with Crippen LogP contribution in [0.25, 0.3) is 0 Å². The fourth-order valence-corrected chi connectivity index (χ4v) is 3.75. The maximum Gasteiger partial charge on any atom is 0.290 e. The Morgan fingerprint density at radius 3 is 2.76 bits per heavy atom. The smallest absolute Gasteiger partial charge is 0.290 e. The fourth-order valence-electron chi connectivity index (χ4n) is 3.75. The van der Waals surface area contributed by atoms with Crippen molar-refractivity contribution in [2.45, 2.75) is 57.5 Å². The minimum absolute atomic E-state index is 0.153. The van der Waals surface area contributed by atoms with E-state index in [-0.39, 0.29) is 11.7 Å². The number of aromatic nitrogens is 3. The molecule has 2 saturated heterocycles. The number of carbonyl (C=O) groups excluding carboxylic acids is 1. The van der Waals surface area contributed by atoms with E-state index in [0.717, 1.165) is 25.2 Å². The molecule has 6 heteroatoms.